The number of piperidine rings is 1. The predicted molar refractivity (Wildman–Crippen MR) is 95.4 cm³/mol. The molecule has 0 saturated carbocycles. The zero-order chi connectivity index (χ0) is 19.6. The number of hydrogen-bond acceptors (Lipinski definition) is 5. The van der Waals surface area contributed by atoms with Crippen LogP contribution in [0.5, 0.6) is 0 Å². The number of ether oxygens (including phenoxy) is 1. The molecule has 0 aliphatic carbocycles. The molecule has 7 heteroatoms. The van der Waals surface area contributed by atoms with Crippen molar-refractivity contribution >= 4 is 17.8 Å². The van der Waals surface area contributed by atoms with Gasteiger partial charge in [0.2, 0.25) is 5.91 Å². The van der Waals surface area contributed by atoms with E-state index in [4.69, 9.17) is 4.74 Å². The fourth-order valence-electron chi connectivity index (χ4n) is 3.85. The minimum Gasteiger partial charge on any atom is -0.548 e. The van der Waals surface area contributed by atoms with Gasteiger partial charge in [0.1, 0.15) is 5.72 Å². The fourth-order valence-corrected chi connectivity index (χ4v) is 3.85. The molecule has 2 heterocycles. The highest BCUT2D eigenvalue weighted by Gasteiger charge is 2.52. The van der Waals surface area contributed by atoms with E-state index in [0.717, 1.165) is 0 Å². The van der Waals surface area contributed by atoms with Crippen LogP contribution in [0.25, 0.3) is 0 Å². The number of carboxylic acid groups (broad SMARTS) is 1. The molecule has 1 aromatic carbocycles. The van der Waals surface area contributed by atoms with E-state index in [0.29, 0.717) is 37.9 Å². The van der Waals surface area contributed by atoms with Crippen molar-refractivity contribution in [1.82, 2.24) is 9.80 Å². The second-order valence-corrected chi connectivity index (χ2v) is 7.61. The molecule has 0 radical (unpaired) electrons. The molecule has 1 atom stereocenters. The van der Waals surface area contributed by atoms with Gasteiger partial charge in [-0.1, -0.05) is 32.0 Å². The molecular weight excluding hydrogens is 348 g/mol. The van der Waals surface area contributed by atoms with Crippen LogP contribution in [0.2, 0.25) is 0 Å². The Balaban J connectivity index is 1.81. The Labute approximate surface area is 158 Å². The molecule has 1 spiro atoms. The first-order valence-corrected chi connectivity index (χ1v) is 9.35. The second kappa shape index (κ2) is 7.68. The Morgan fingerprint density at radius 3 is 2.37 bits per heavy atom. The van der Waals surface area contributed by atoms with Gasteiger partial charge in [0.15, 0.2) is 0 Å². The van der Waals surface area contributed by atoms with Crippen LogP contribution in [-0.4, -0.2) is 59.0 Å². The van der Waals surface area contributed by atoms with E-state index in [2.05, 4.69) is 0 Å². The van der Waals surface area contributed by atoms with Gasteiger partial charge in [-0.25, -0.2) is 0 Å². The first-order valence-electron chi connectivity index (χ1n) is 9.35. The third-order valence-electron chi connectivity index (χ3n) is 5.25. The number of likely N-dealkylation sites (tertiary alicyclic amines) is 1. The van der Waals surface area contributed by atoms with Gasteiger partial charge < -0.3 is 19.5 Å². The molecule has 2 saturated heterocycles. The Bertz CT molecular complexity index is 710. The summed E-state index contributed by atoms with van der Waals surface area (Å²) in [6, 6.07) is 7.44. The van der Waals surface area contributed by atoms with E-state index in [1.54, 1.807) is 35.2 Å². The normalized spacial score (nSPS) is 21.7. The SMILES string of the molecule is CC(C)CC(=O)N1CCC2(CC1)OC[C@H](C(=O)[O-])N2C(=O)c1ccccc1. The van der Waals surface area contributed by atoms with Gasteiger partial charge in [-0.15, -0.1) is 0 Å². The molecule has 0 bridgehead atoms. The highest BCUT2D eigenvalue weighted by atomic mass is 16.5. The van der Waals surface area contributed by atoms with Crippen molar-refractivity contribution in [2.75, 3.05) is 19.7 Å². The van der Waals surface area contributed by atoms with E-state index in [-0.39, 0.29) is 24.3 Å². The fraction of sp³-hybridized carbons (Fsp3) is 0.550. The lowest BCUT2D eigenvalue weighted by atomic mass is 9.96. The number of aliphatic carboxylic acids is 1. The quantitative estimate of drug-likeness (QED) is 0.773. The number of carboxylic acids is 1. The Morgan fingerprint density at radius 2 is 1.81 bits per heavy atom. The Hall–Kier alpha value is -2.41. The molecule has 2 amide bonds. The summed E-state index contributed by atoms with van der Waals surface area (Å²) < 4.78 is 5.87. The molecule has 7 nitrogen and oxygen atoms in total. The highest BCUT2D eigenvalue weighted by molar-refractivity contribution is 5.97. The van der Waals surface area contributed by atoms with Crippen LogP contribution in [0.15, 0.2) is 30.3 Å². The molecule has 3 rings (SSSR count). The first-order chi connectivity index (χ1) is 12.8. The summed E-state index contributed by atoms with van der Waals surface area (Å²) in [6.45, 7) is 4.76. The van der Waals surface area contributed by atoms with Gasteiger partial charge in [0, 0.05) is 37.9 Å². The van der Waals surface area contributed by atoms with E-state index < -0.39 is 17.7 Å². The van der Waals surface area contributed by atoms with Crippen molar-refractivity contribution in [2.24, 2.45) is 5.92 Å². The minimum absolute atomic E-state index is 0.0789. The summed E-state index contributed by atoms with van der Waals surface area (Å²) >= 11 is 0. The first kappa shape index (κ1) is 19.4. The predicted octanol–water partition coefficient (Wildman–Crippen LogP) is 0.642. The monoisotopic (exact) mass is 373 g/mol. The average Bonchev–Trinajstić information content (AvgIpc) is 3.01. The van der Waals surface area contributed by atoms with Gasteiger partial charge >= 0.3 is 0 Å². The lowest BCUT2D eigenvalue weighted by molar-refractivity contribution is -0.310. The molecule has 1 aromatic rings. The van der Waals surface area contributed by atoms with E-state index >= 15 is 0 Å². The Morgan fingerprint density at radius 1 is 1.19 bits per heavy atom. The second-order valence-electron chi connectivity index (χ2n) is 7.61. The van der Waals surface area contributed by atoms with Crippen LogP contribution in [0.1, 0.15) is 43.5 Å². The van der Waals surface area contributed by atoms with Crippen LogP contribution in [0.4, 0.5) is 0 Å². The summed E-state index contributed by atoms with van der Waals surface area (Å²) in [6.07, 6.45) is 1.25. The lowest BCUT2D eigenvalue weighted by Crippen LogP contribution is -2.60. The number of carbonyl (C=O) groups is 3. The van der Waals surface area contributed by atoms with Crippen molar-refractivity contribution in [3.05, 3.63) is 35.9 Å². The average molecular weight is 373 g/mol. The van der Waals surface area contributed by atoms with Crippen molar-refractivity contribution in [3.8, 4) is 0 Å². The van der Waals surface area contributed by atoms with Crippen LogP contribution in [0, 0.1) is 5.92 Å². The molecule has 2 fully saturated rings. The van der Waals surface area contributed by atoms with Crippen LogP contribution in [0.3, 0.4) is 0 Å². The lowest BCUT2D eigenvalue weighted by Gasteiger charge is -2.45. The van der Waals surface area contributed by atoms with Gasteiger partial charge in [-0.3, -0.25) is 14.5 Å². The number of rotatable bonds is 4. The number of benzene rings is 1. The van der Waals surface area contributed by atoms with Crippen molar-refractivity contribution < 1.29 is 24.2 Å². The van der Waals surface area contributed by atoms with Gasteiger partial charge in [-0.05, 0) is 18.1 Å². The van der Waals surface area contributed by atoms with E-state index in [9.17, 15) is 19.5 Å². The maximum absolute atomic E-state index is 13.1. The molecule has 0 N–H and O–H groups in total. The molecule has 146 valence electrons. The molecule has 2 aliphatic rings. The molecule has 0 unspecified atom stereocenters. The third-order valence-corrected chi connectivity index (χ3v) is 5.25. The van der Waals surface area contributed by atoms with Crippen LogP contribution in [-0.2, 0) is 14.3 Å². The van der Waals surface area contributed by atoms with Crippen LogP contribution >= 0.6 is 0 Å². The minimum atomic E-state index is -1.32. The van der Waals surface area contributed by atoms with Crippen LogP contribution < -0.4 is 5.11 Å². The number of amides is 2. The van der Waals surface area contributed by atoms with E-state index in [1.165, 1.54) is 4.90 Å². The highest BCUT2D eigenvalue weighted by Crippen LogP contribution is 2.38. The molecule has 0 aromatic heterocycles. The summed E-state index contributed by atoms with van der Waals surface area (Å²) in [5, 5.41) is 11.6. The van der Waals surface area contributed by atoms with Gasteiger partial charge in [0.05, 0.1) is 18.6 Å². The maximum atomic E-state index is 13.1. The topological polar surface area (TPSA) is 90.0 Å². The smallest absolute Gasteiger partial charge is 0.256 e. The van der Waals surface area contributed by atoms with E-state index in [1.807, 2.05) is 13.8 Å². The van der Waals surface area contributed by atoms with Crippen molar-refractivity contribution in [1.29, 1.82) is 0 Å². The zero-order valence-electron chi connectivity index (χ0n) is 15.7. The standard InChI is InChI=1S/C20H26N2O5/c1-14(2)12-17(23)21-10-8-20(9-11-21)22(16(13-27-20)19(25)26)18(24)15-6-4-3-5-7-15/h3-7,14,16H,8-13H2,1-2H3,(H,25,26)/p-1/t16-/m1/s1. The molecular formula is C20H25N2O5-. The Kier molecular flexibility index (Phi) is 5.51. The largest absolute Gasteiger partial charge is 0.548 e. The molecule has 2 aliphatic heterocycles. The van der Waals surface area contributed by atoms with Gasteiger partial charge in [-0.2, -0.15) is 0 Å². The maximum Gasteiger partial charge on any atom is 0.256 e. The molecule has 27 heavy (non-hydrogen) atoms. The van der Waals surface area contributed by atoms with Crippen molar-refractivity contribution in [3.63, 3.8) is 0 Å². The zero-order valence-corrected chi connectivity index (χ0v) is 15.7. The summed E-state index contributed by atoms with van der Waals surface area (Å²) in [5.41, 5.74) is -0.598. The van der Waals surface area contributed by atoms with Crippen molar-refractivity contribution in [2.45, 2.75) is 44.9 Å². The number of carbonyl (C=O) groups excluding carboxylic acids is 3. The third kappa shape index (κ3) is 3.83. The number of nitrogens with zero attached hydrogens (tertiary/aromatic N) is 2. The summed E-state index contributed by atoms with van der Waals surface area (Å²) in [4.78, 5) is 40.1. The summed E-state index contributed by atoms with van der Waals surface area (Å²) in [7, 11) is 0. The number of hydrogen-bond donors (Lipinski definition) is 0. The summed E-state index contributed by atoms with van der Waals surface area (Å²) in [5.74, 6) is -1.36. The van der Waals surface area contributed by atoms with Gasteiger partial charge in [0.25, 0.3) is 5.91 Å².